The fraction of sp³-hybridized carbons (Fsp3) is 0.500. The number of aliphatic hydroxyl groups is 1. The second-order valence-corrected chi connectivity index (χ2v) is 5.90. The van der Waals surface area contributed by atoms with Crippen LogP contribution >= 0.6 is 12.4 Å². The number of aromatic nitrogens is 2. The van der Waals surface area contributed by atoms with Crippen LogP contribution in [0.25, 0.3) is 0 Å². The van der Waals surface area contributed by atoms with E-state index in [2.05, 4.69) is 15.5 Å². The molecule has 0 aliphatic rings. The van der Waals surface area contributed by atoms with Gasteiger partial charge in [0, 0.05) is 12.1 Å². The summed E-state index contributed by atoms with van der Waals surface area (Å²) in [5.41, 5.74) is 0.697. The molecule has 0 atom stereocenters. The average Bonchev–Trinajstić information content (AvgIpc) is 2.96. The van der Waals surface area contributed by atoms with Gasteiger partial charge in [0.15, 0.2) is 23.9 Å². The number of nitrogens with zero attached hydrogens (tertiary/aromatic N) is 2. The lowest BCUT2D eigenvalue weighted by atomic mass is 10.1. The van der Waals surface area contributed by atoms with Crippen molar-refractivity contribution in [1.82, 2.24) is 15.5 Å². The Labute approximate surface area is 147 Å². The van der Waals surface area contributed by atoms with E-state index in [-0.39, 0.29) is 31.2 Å². The van der Waals surface area contributed by atoms with Gasteiger partial charge in [-0.3, -0.25) is 0 Å². The molecule has 0 aliphatic heterocycles. The number of aliphatic hydroxyl groups excluding tert-OH is 1. The zero-order valence-electron chi connectivity index (χ0n) is 14.3. The van der Waals surface area contributed by atoms with Crippen LogP contribution in [0.15, 0.2) is 22.7 Å². The third-order valence-electron chi connectivity index (χ3n) is 3.32. The van der Waals surface area contributed by atoms with Gasteiger partial charge in [0.2, 0.25) is 0 Å². The number of hydrogen-bond acceptors (Lipinski definition) is 7. The molecule has 8 heteroatoms. The van der Waals surface area contributed by atoms with E-state index in [0.29, 0.717) is 29.8 Å². The molecule has 24 heavy (non-hydrogen) atoms. The number of benzene rings is 1. The zero-order chi connectivity index (χ0) is 16.9. The third kappa shape index (κ3) is 5.67. The molecule has 0 spiro atoms. The number of halogens is 1. The van der Waals surface area contributed by atoms with E-state index in [0.717, 1.165) is 5.56 Å². The van der Waals surface area contributed by atoms with E-state index in [1.165, 1.54) is 0 Å². The lowest BCUT2D eigenvalue weighted by Crippen LogP contribution is -2.42. The summed E-state index contributed by atoms with van der Waals surface area (Å²) >= 11 is 0. The average molecular weight is 358 g/mol. The topological polar surface area (TPSA) is 89.6 Å². The first-order valence-electron chi connectivity index (χ1n) is 7.38. The molecule has 1 aromatic heterocycles. The van der Waals surface area contributed by atoms with Crippen molar-refractivity contribution in [1.29, 1.82) is 0 Å². The molecule has 1 aromatic carbocycles. The minimum atomic E-state index is -0.335. The van der Waals surface area contributed by atoms with E-state index in [1.807, 2.05) is 32.0 Å². The molecule has 2 rings (SSSR count). The molecule has 134 valence electrons. The Bertz CT molecular complexity index is 646. The van der Waals surface area contributed by atoms with Crippen LogP contribution in [-0.2, 0) is 13.2 Å². The van der Waals surface area contributed by atoms with Gasteiger partial charge in [-0.2, -0.15) is 4.98 Å². The second-order valence-electron chi connectivity index (χ2n) is 5.90. The largest absolute Gasteiger partial charge is 0.493 e. The smallest absolute Gasteiger partial charge is 0.264 e. The number of hydrogen-bond donors (Lipinski definition) is 2. The van der Waals surface area contributed by atoms with Crippen LogP contribution in [-0.4, -0.2) is 34.5 Å². The summed E-state index contributed by atoms with van der Waals surface area (Å²) in [6.07, 6.45) is 0. The maximum absolute atomic E-state index is 9.27. The lowest BCUT2D eigenvalue weighted by Gasteiger charge is -2.23. The molecular weight excluding hydrogens is 334 g/mol. The Kier molecular flexibility index (Phi) is 7.47. The minimum absolute atomic E-state index is 0. The van der Waals surface area contributed by atoms with Crippen molar-refractivity contribution in [3.05, 3.63) is 35.5 Å². The maximum atomic E-state index is 9.27. The molecular formula is C16H24ClN3O4. The van der Waals surface area contributed by atoms with Crippen LogP contribution in [0, 0.1) is 6.92 Å². The first kappa shape index (κ1) is 20.2. The second kappa shape index (κ2) is 8.86. The molecule has 0 amide bonds. The standard InChI is InChI=1S/C16H23N3O4.ClH/c1-11-18-15(23-19-11)9-22-13-6-5-12(7-14(13)21-4)8-17-16(2,3)10-20;/h5-7,17,20H,8-10H2,1-4H3;1H. The van der Waals surface area contributed by atoms with E-state index >= 15 is 0 Å². The molecule has 7 nitrogen and oxygen atoms in total. The van der Waals surface area contributed by atoms with Crippen LogP contribution in [0.3, 0.4) is 0 Å². The summed E-state index contributed by atoms with van der Waals surface area (Å²) in [7, 11) is 1.59. The van der Waals surface area contributed by atoms with Gasteiger partial charge in [0.05, 0.1) is 13.7 Å². The Morgan fingerprint density at radius 3 is 2.62 bits per heavy atom. The van der Waals surface area contributed by atoms with E-state index in [1.54, 1.807) is 14.0 Å². The van der Waals surface area contributed by atoms with Gasteiger partial charge in [0.1, 0.15) is 0 Å². The molecule has 0 bridgehead atoms. The van der Waals surface area contributed by atoms with Gasteiger partial charge in [-0.1, -0.05) is 11.2 Å². The molecule has 0 unspecified atom stereocenters. The number of nitrogens with one attached hydrogen (secondary N) is 1. The Balaban J connectivity index is 0.00000288. The van der Waals surface area contributed by atoms with Gasteiger partial charge in [-0.05, 0) is 38.5 Å². The molecule has 0 saturated carbocycles. The van der Waals surface area contributed by atoms with Crippen LogP contribution in [0.5, 0.6) is 11.5 Å². The van der Waals surface area contributed by atoms with Gasteiger partial charge < -0.3 is 24.4 Å². The summed E-state index contributed by atoms with van der Waals surface area (Å²) in [6, 6.07) is 5.68. The summed E-state index contributed by atoms with van der Waals surface area (Å²) in [5.74, 6) is 2.22. The first-order valence-corrected chi connectivity index (χ1v) is 7.38. The highest BCUT2D eigenvalue weighted by Crippen LogP contribution is 2.28. The highest BCUT2D eigenvalue weighted by atomic mass is 35.5. The number of ether oxygens (including phenoxy) is 2. The molecule has 0 aliphatic carbocycles. The van der Waals surface area contributed by atoms with Crippen LogP contribution in [0.1, 0.15) is 31.1 Å². The Morgan fingerprint density at radius 2 is 2.04 bits per heavy atom. The van der Waals surface area contributed by atoms with E-state index < -0.39 is 0 Å². The quantitative estimate of drug-likeness (QED) is 0.748. The van der Waals surface area contributed by atoms with Crippen molar-refractivity contribution in [2.75, 3.05) is 13.7 Å². The highest BCUT2D eigenvalue weighted by molar-refractivity contribution is 5.85. The summed E-state index contributed by atoms with van der Waals surface area (Å²) in [5, 5.41) is 16.3. The molecule has 1 heterocycles. The van der Waals surface area contributed by atoms with Crippen molar-refractivity contribution < 1.29 is 19.1 Å². The van der Waals surface area contributed by atoms with Crippen molar-refractivity contribution in [3.8, 4) is 11.5 Å². The van der Waals surface area contributed by atoms with E-state index in [4.69, 9.17) is 14.0 Å². The molecule has 2 N–H and O–H groups in total. The normalized spacial score (nSPS) is 11.0. The van der Waals surface area contributed by atoms with Crippen molar-refractivity contribution >= 4 is 12.4 Å². The molecule has 0 radical (unpaired) electrons. The Morgan fingerprint density at radius 1 is 1.29 bits per heavy atom. The summed E-state index contributed by atoms with van der Waals surface area (Å²) < 4.78 is 16.0. The predicted molar refractivity (Wildman–Crippen MR) is 91.6 cm³/mol. The third-order valence-corrected chi connectivity index (χ3v) is 3.32. The van der Waals surface area contributed by atoms with Gasteiger partial charge in [0.25, 0.3) is 5.89 Å². The van der Waals surface area contributed by atoms with Gasteiger partial charge in [-0.15, -0.1) is 12.4 Å². The molecule has 0 fully saturated rings. The zero-order valence-corrected chi connectivity index (χ0v) is 15.1. The van der Waals surface area contributed by atoms with Gasteiger partial charge in [-0.25, -0.2) is 0 Å². The fourth-order valence-corrected chi connectivity index (χ4v) is 1.88. The lowest BCUT2D eigenvalue weighted by molar-refractivity contribution is 0.187. The SMILES string of the molecule is COc1cc(CNC(C)(C)CO)ccc1OCc1nc(C)no1.Cl. The van der Waals surface area contributed by atoms with Crippen molar-refractivity contribution in [3.63, 3.8) is 0 Å². The van der Waals surface area contributed by atoms with E-state index in [9.17, 15) is 5.11 Å². The Hall–Kier alpha value is -1.83. The van der Waals surface area contributed by atoms with Crippen LogP contribution in [0.2, 0.25) is 0 Å². The number of methoxy groups -OCH3 is 1. The maximum Gasteiger partial charge on any atom is 0.264 e. The highest BCUT2D eigenvalue weighted by Gasteiger charge is 2.15. The first-order chi connectivity index (χ1) is 10.9. The molecule has 2 aromatic rings. The predicted octanol–water partition coefficient (Wildman–Crippen LogP) is 2.25. The molecule has 0 saturated heterocycles. The van der Waals surface area contributed by atoms with Crippen LogP contribution < -0.4 is 14.8 Å². The minimum Gasteiger partial charge on any atom is -0.493 e. The van der Waals surface area contributed by atoms with Gasteiger partial charge >= 0.3 is 0 Å². The fourth-order valence-electron chi connectivity index (χ4n) is 1.88. The summed E-state index contributed by atoms with van der Waals surface area (Å²) in [4.78, 5) is 4.09. The monoisotopic (exact) mass is 357 g/mol. The number of rotatable bonds is 8. The van der Waals surface area contributed by atoms with Crippen molar-refractivity contribution in [2.45, 2.75) is 39.5 Å². The number of aryl methyl sites for hydroxylation is 1. The summed E-state index contributed by atoms with van der Waals surface area (Å²) in [6.45, 7) is 6.50. The van der Waals surface area contributed by atoms with Crippen molar-refractivity contribution in [2.24, 2.45) is 0 Å². The van der Waals surface area contributed by atoms with Crippen LogP contribution in [0.4, 0.5) is 0 Å².